The van der Waals surface area contributed by atoms with E-state index in [1.54, 1.807) is 10.9 Å². The van der Waals surface area contributed by atoms with Gasteiger partial charge in [0.15, 0.2) is 11.5 Å². The van der Waals surface area contributed by atoms with Crippen LogP contribution >= 0.6 is 22.6 Å². The molecular weight excluding hydrogens is 355 g/mol. The molecule has 1 aromatic carbocycles. The van der Waals surface area contributed by atoms with Crippen LogP contribution in [0.25, 0.3) is 16.7 Å². The Bertz CT molecular complexity index is 781. The SMILES string of the molecule is NC(=O)c1nn(-c2cc(I)ccn2)c2ccccc12. The topological polar surface area (TPSA) is 73.8 Å². The molecule has 2 aromatic heterocycles. The van der Waals surface area contributed by atoms with Crippen LogP contribution < -0.4 is 5.73 Å². The summed E-state index contributed by atoms with van der Waals surface area (Å²) < 4.78 is 2.68. The standard InChI is InChI=1S/C13H9IN4O/c14-8-5-6-16-11(7-8)18-10-4-2-1-3-9(10)12(17-18)13(15)19/h1-7H,(H2,15,19). The number of para-hydroxylation sites is 1. The van der Waals surface area contributed by atoms with E-state index in [-0.39, 0.29) is 5.69 Å². The molecule has 0 radical (unpaired) electrons. The van der Waals surface area contributed by atoms with Crippen molar-refractivity contribution < 1.29 is 4.79 Å². The second-order valence-corrected chi connectivity index (χ2v) is 5.22. The number of aromatic nitrogens is 3. The first-order valence-electron chi connectivity index (χ1n) is 5.56. The smallest absolute Gasteiger partial charge is 0.269 e. The number of hydrogen-bond donors (Lipinski definition) is 1. The molecule has 0 spiro atoms. The fraction of sp³-hybridized carbons (Fsp3) is 0. The summed E-state index contributed by atoms with van der Waals surface area (Å²) in [6.45, 7) is 0. The molecule has 6 heteroatoms. The number of carbonyl (C=O) groups excluding carboxylic acids is 1. The summed E-state index contributed by atoms with van der Waals surface area (Å²) in [5.41, 5.74) is 6.44. The number of halogens is 1. The van der Waals surface area contributed by atoms with Crippen molar-refractivity contribution in [2.24, 2.45) is 5.73 Å². The van der Waals surface area contributed by atoms with Crippen molar-refractivity contribution in [1.29, 1.82) is 0 Å². The van der Waals surface area contributed by atoms with Crippen molar-refractivity contribution >= 4 is 39.4 Å². The molecule has 0 unspecified atom stereocenters. The lowest BCUT2D eigenvalue weighted by Gasteiger charge is -2.02. The predicted molar refractivity (Wildman–Crippen MR) is 80.1 cm³/mol. The van der Waals surface area contributed by atoms with Gasteiger partial charge in [-0.1, -0.05) is 18.2 Å². The normalized spacial score (nSPS) is 10.8. The van der Waals surface area contributed by atoms with Crippen LogP contribution in [0.4, 0.5) is 0 Å². The maximum absolute atomic E-state index is 11.5. The monoisotopic (exact) mass is 364 g/mol. The number of amides is 1. The number of rotatable bonds is 2. The van der Waals surface area contributed by atoms with Crippen molar-refractivity contribution in [3.63, 3.8) is 0 Å². The fourth-order valence-corrected chi connectivity index (χ4v) is 2.37. The molecule has 0 saturated carbocycles. The van der Waals surface area contributed by atoms with Gasteiger partial charge in [-0.3, -0.25) is 4.79 Å². The lowest BCUT2D eigenvalue weighted by Crippen LogP contribution is -2.12. The Hall–Kier alpha value is -1.96. The molecule has 0 bridgehead atoms. The first-order chi connectivity index (χ1) is 9.16. The van der Waals surface area contributed by atoms with Crippen molar-refractivity contribution in [2.45, 2.75) is 0 Å². The molecule has 94 valence electrons. The molecule has 0 fully saturated rings. The van der Waals surface area contributed by atoms with E-state index in [1.165, 1.54) is 0 Å². The summed E-state index contributed by atoms with van der Waals surface area (Å²) in [6, 6.07) is 11.2. The Morgan fingerprint density at radius 3 is 2.79 bits per heavy atom. The molecule has 0 atom stereocenters. The maximum Gasteiger partial charge on any atom is 0.269 e. The van der Waals surface area contributed by atoms with Crippen LogP contribution in [0.3, 0.4) is 0 Å². The van der Waals surface area contributed by atoms with Crippen LogP contribution in [0.2, 0.25) is 0 Å². The van der Waals surface area contributed by atoms with Crippen LogP contribution in [-0.2, 0) is 0 Å². The molecule has 2 heterocycles. The van der Waals surface area contributed by atoms with E-state index in [9.17, 15) is 4.79 Å². The van der Waals surface area contributed by atoms with Crippen LogP contribution in [0.15, 0.2) is 42.6 Å². The predicted octanol–water partition coefficient (Wildman–Crippen LogP) is 2.12. The molecule has 0 aliphatic rings. The van der Waals surface area contributed by atoms with Gasteiger partial charge in [-0.2, -0.15) is 5.10 Å². The minimum Gasteiger partial charge on any atom is -0.364 e. The van der Waals surface area contributed by atoms with Crippen LogP contribution in [-0.4, -0.2) is 20.7 Å². The average Bonchev–Trinajstić information content (AvgIpc) is 2.78. The Labute approximate surface area is 122 Å². The molecule has 3 rings (SSSR count). The zero-order valence-electron chi connectivity index (χ0n) is 9.75. The summed E-state index contributed by atoms with van der Waals surface area (Å²) in [6.07, 6.45) is 1.71. The zero-order chi connectivity index (χ0) is 13.4. The summed E-state index contributed by atoms with van der Waals surface area (Å²) in [4.78, 5) is 15.7. The molecule has 19 heavy (non-hydrogen) atoms. The Balaban J connectivity index is 2.33. The summed E-state index contributed by atoms with van der Waals surface area (Å²) in [7, 11) is 0. The van der Waals surface area contributed by atoms with E-state index in [0.29, 0.717) is 5.82 Å². The van der Waals surface area contributed by atoms with Gasteiger partial charge >= 0.3 is 0 Å². The first kappa shape index (κ1) is 12.1. The van der Waals surface area contributed by atoms with Crippen LogP contribution in [0.5, 0.6) is 0 Å². The van der Waals surface area contributed by atoms with Gasteiger partial charge in [0.05, 0.1) is 5.52 Å². The Morgan fingerprint density at radius 2 is 2.05 bits per heavy atom. The quantitative estimate of drug-likeness (QED) is 0.708. The first-order valence-corrected chi connectivity index (χ1v) is 6.64. The average molecular weight is 364 g/mol. The van der Waals surface area contributed by atoms with E-state index in [1.807, 2.05) is 36.4 Å². The molecule has 3 aromatic rings. The summed E-state index contributed by atoms with van der Waals surface area (Å²) in [5.74, 6) is 0.121. The van der Waals surface area contributed by atoms with Crippen molar-refractivity contribution in [1.82, 2.24) is 14.8 Å². The van der Waals surface area contributed by atoms with E-state index in [4.69, 9.17) is 5.73 Å². The molecule has 0 aliphatic heterocycles. The van der Waals surface area contributed by atoms with E-state index >= 15 is 0 Å². The highest BCUT2D eigenvalue weighted by Crippen LogP contribution is 2.21. The van der Waals surface area contributed by atoms with Crippen molar-refractivity contribution in [3.05, 3.63) is 51.9 Å². The minimum atomic E-state index is -0.541. The number of primary amides is 1. The van der Waals surface area contributed by atoms with Gasteiger partial charge in [0.2, 0.25) is 0 Å². The molecule has 1 amide bonds. The van der Waals surface area contributed by atoms with Gasteiger partial charge in [0.25, 0.3) is 5.91 Å². The number of carbonyl (C=O) groups is 1. The van der Waals surface area contributed by atoms with Gasteiger partial charge in [-0.05, 0) is 40.8 Å². The van der Waals surface area contributed by atoms with E-state index in [0.717, 1.165) is 14.5 Å². The Kier molecular flexibility index (Phi) is 2.94. The summed E-state index contributed by atoms with van der Waals surface area (Å²) in [5, 5.41) is 5.01. The maximum atomic E-state index is 11.5. The van der Waals surface area contributed by atoms with Crippen LogP contribution in [0, 0.1) is 3.57 Å². The third-order valence-electron chi connectivity index (χ3n) is 2.75. The second kappa shape index (κ2) is 4.61. The van der Waals surface area contributed by atoms with Gasteiger partial charge in [0, 0.05) is 15.2 Å². The third-order valence-corrected chi connectivity index (χ3v) is 3.42. The summed E-state index contributed by atoms with van der Waals surface area (Å²) >= 11 is 2.20. The zero-order valence-corrected chi connectivity index (χ0v) is 11.9. The highest BCUT2D eigenvalue weighted by molar-refractivity contribution is 14.1. The highest BCUT2D eigenvalue weighted by Gasteiger charge is 2.15. The Morgan fingerprint density at radius 1 is 1.26 bits per heavy atom. The van der Waals surface area contributed by atoms with E-state index in [2.05, 4.69) is 32.7 Å². The lowest BCUT2D eigenvalue weighted by atomic mass is 10.2. The molecule has 0 aliphatic carbocycles. The van der Waals surface area contributed by atoms with Gasteiger partial charge in [0.1, 0.15) is 0 Å². The number of hydrogen-bond acceptors (Lipinski definition) is 3. The highest BCUT2D eigenvalue weighted by atomic mass is 127. The number of fused-ring (bicyclic) bond motifs is 1. The fourth-order valence-electron chi connectivity index (χ4n) is 1.93. The lowest BCUT2D eigenvalue weighted by molar-refractivity contribution is 0.0996. The second-order valence-electron chi connectivity index (χ2n) is 3.97. The van der Waals surface area contributed by atoms with Gasteiger partial charge < -0.3 is 5.73 Å². The number of nitrogens with zero attached hydrogens (tertiary/aromatic N) is 3. The van der Waals surface area contributed by atoms with Crippen molar-refractivity contribution in [3.8, 4) is 5.82 Å². The molecular formula is C13H9IN4O. The minimum absolute atomic E-state index is 0.260. The van der Waals surface area contributed by atoms with E-state index < -0.39 is 5.91 Å². The number of benzene rings is 1. The number of nitrogens with two attached hydrogens (primary N) is 1. The number of pyridine rings is 1. The van der Waals surface area contributed by atoms with Gasteiger partial charge in [-0.15, -0.1) is 0 Å². The molecule has 5 nitrogen and oxygen atoms in total. The molecule has 2 N–H and O–H groups in total. The van der Waals surface area contributed by atoms with Crippen molar-refractivity contribution in [2.75, 3.05) is 0 Å². The van der Waals surface area contributed by atoms with Gasteiger partial charge in [-0.25, -0.2) is 9.67 Å². The molecule has 0 saturated heterocycles. The largest absolute Gasteiger partial charge is 0.364 e. The van der Waals surface area contributed by atoms with Crippen LogP contribution in [0.1, 0.15) is 10.5 Å². The third kappa shape index (κ3) is 2.07.